The van der Waals surface area contributed by atoms with Gasteiger partial charge in [0.25, 0.3) is 0 Å². The molecule has 0 radical (unpaired) electrons. The van der Waals surface area contributed by atoms with Crippen LogP contribution in [0.1, 0.15) is 0 Å². The summed E-state index contributed by atoms with van der Waals surface area (Å²) in [5, 5.41) is 8.67. The van der Waals surface area contributed by atoms with Crippen molar-refractivity contribution in [1.29, 1.82) is 0 Å². The highest BCUT2D eigenvalue weighted by molar-refractivity contribution is 8.02. The number of aromatic nitrogens is 4. The highest BCUT2D eigenvalue weighted by atomic mass is 32.2. The lowest BCUT2D eigenvalue weighted by molar-refractivity contribution is 0.953. The van der Waals surface area contributed by atoms with Crippen molar-refractivity contribution in [3.8, 4) is 0 Å². The van der Waals surface area contributed by atoms with Gasteiger partial charge in [-0.3, -0.25) is 0 Å². The Morgan fingerprint density at radius 3 is 2.56 bits per heavy atom. The van der Waals surface area contributed by atoms with Gasteiger partial charge in [-0.15, -0.1) is 10.2 Å². The number of nitrogens with two attached hydrogens (primary N) is 2. The van der Waals surface area contributed by atoms with Crippen molar-refractivity contribution in [2.45, 2.75) is 13.7 Å². The van der Waals surface area contributed by atoms with Gasteiger partial charge in [-0.25, -0.2) is 4.98 Å². The molecule has 0 aliphatic carbocycles. The lowest BCUT2D eigenvalue weighted by Gasteiger charge is -1.99. The molecule has 0 aliphatic rings. The van der Waals surface area contributed by atoms with Gasteiger partial charge in [-0.05, 0) is 18.0 Å². The Bertz CT molecular complexity index is 478. The van der Waals surface area contributed by atoms with Crippen molar-refractivity contribution < 1.29 is 0 Å². The molecule has 2 aromatic heterocycles. The second kappa shape index (κ2) is 4.85. The average molecular weight is 272 g/mol. The molecule has 0 unspecified atom stereocenters. The summed E-state index contributed by atoms with van der Waals surface area (Å²) in [7, 11) is 0. The zero-order chi connectivity index (χ0) is 11.5. The minimum atomic E-state index is 0.164. The van der Waals surface area contributed by atoms with E-state index in [1.54, 1.807) is 17.8 Å². The molecule has 0 bridgehead atoms. The molecule has 2 aromatic rings. The van der Waals surface area contributed by atoms with E-state index in [9.17, 15) is 0 Å². The zero-order valence-corrected chi connectivity index (χ0v) is 10.7. The van der Waals surface area contributed by atoms with Crippen LogP contribution in [0, 0.1) is 0 Å². The van der Waals surface area contributed by atoms with Crippen LogP contribution >= 0.6 is 34.9 Å². The molecule has 2 heterocycles. The summed E-state index contributed by atoms with van der Waals surface area (Å²) in [5.41, 5.74) is 11.1. The van der Waals surface area contributed by atoms with E-state index in [0.717, 1.165) is 8.68 Å². The molecular weight excluding hydrogens is 264 g/mol. The number of thioether (sulfide) groups is 1. The summed E-state index contributed by atoms with van der Waals surface area (Å²) in [6, 6.07) is 1.65. The fourth-order valence-corrected chi connectivity index (χ4v) is 3.33. The second-order valence-corrected chi connectivity index (χ2v) is 5.93. The minimum absolute atomic E-state index is 0.164. The molecule has 0 saturated carbocycles. The third-order valence-corrected chi connectivity index (χ3v) is 4.36. The molecule has 84 valence electrons. The Labute approximate surface area is 104 Å². The molecule has 9 heteroatoms. The van der Waals surface area contributed by atoms with Crippen molar-refractivity contribution in [3.63, 3.8) is 0 Å². The average Bonchev–Trinajstić information content (AvgIpc) is 2.64. The maximum Gasteiger partial charge on any atom is 0.223 e. The summed E-state index contributed by atoms with van der Waals surface area (Å²) in [5.74, 6) is 0.515. The van der Waals surface area contributed by atoms with E-state index in [1.165, 1.54) is 23.1 Å². The standard InChI is InChI=1S/C7H8N6S3/c1-14-6-12-13-7(16-6)15-4-2-3(8)10-5(9)11-4/h2H,1H3,(H4,8,9,10,11). The Hall–Kier alpha value is -1.06. The third kappa shape index (κ3) is 2.74. The zero-order valence-electron chi connectivity index (χ0n) is 8.25. The van der Waals surface area contributed by atoms with E-state index in [2.05, 4.69) is 20.2 Å². The number of nitrogen functional groups attached to an aromatic ring is 2. The first-order valence-electron chi connectivity index (χ1n) is 4.13. The Balaban J connectivity index is 2.19. The predicted molar refractivity (Wildman–Crippen MR) is 66.7 cm³/mol. The van der Waals surface area contributed by atoms with E-state index >= 15 is 0 Å². The number of hydrogen-bond acceptors (Lipinski definition) is 9. The maximum atomic E-state index is 5.56. The van der Waals surface area contributed by atoms with Gasteiger partial charge in [0, 0.05) is 6.07 Å². The van der Waals surface area contributed by atoms with Gasteiger partial charge in [0.2, 0.25) is 5.95 Å². The maximum absolute atomic E-state index is 5.56. The molecule has 6 nitrogen and oxygen atoms in total. The fourth-order valence-electron chi connectivity index (χ4n) is 0.924. The first-order valence-corrected chi connectivity index (χ1v) is 6.98. The van der Waals surface area contributed by atoms with Crippen molar-refractivity contribution in [1.82, 2.24) is 20.2 Å². The largest absolute Gasteiger partial charge is 0.383 e. The van der Waals surface area contributed by atoms with E-state index in [1.807, 2.05) is 6.26 Å². The highest BCUT2D eigenvalue weighted by Gasteiger charge is 2.07. The summed E-state index contributed by atoms with van der Waals surface area (Å²) in [4.78, 5) is 7.84. The SMILES string of the molecule is CSc1nnc(Sc2cc(N)nc(N)n2)s1. The van der Waals surface area contributed by atoms with Crippen molar-refractivity contribution in [2.75, 3.05) is 17.7 Å². The summed E-state index contributed by atoms with van der Waals surface area (Å²) < 4.78 is 1.72. The predicted octanol–water partition coefficient (Wildman–Crippen LogP) is 1.37. The molecule has 2 rings (SSSR count). The van der Waals surface area contributed by atoms with Crippen molar-refractivity contribution in [2.24, 2.45) is 0 Å². The number of anilines is 2. The van der Waals surface area contributed by atoms with Crippen molar-refractivity contribution in [3.05, 3.63) is 6.07 Å². The number of rotatable bonds is 3. The van der Waals surface area contributed by atoms with Crippen LogP contribution in [-0.2, 0) is 0 Å². The lowest BCUT2D eigenvalue weighted by atomic mass is 10.6. The van der Waals surface area contributed by atoms with Crippen LogP contribution in [0.25, 0.3) is 0 Å². The quantitative estimate of drug-likeness (QED) is 0.637. The van der Waals surface area contributed by atoms with Gasteiger partial charge in [-0.1, -0.05) is 23.1 Å². The monoisotopic (exact) mass is 272 g/mol. The normalized spacial score (nSPS) is 10.6. The van der Waals surface area contributed by atoms with E-state index in [0.29, 0.717) is 10.8 Å². The molecular formula is C7H8N6S3. The Kier molecular flexibility index (Phi) is 3.46. The first-order chi connectivity index (χ1) is 7.67. The van der Waals surface area contributed by atoms with Crippen LogP contribution in [0.4, 0.5) is 11.8 Å². The Morgan fingerprint density at radius 2 is 1.94 bits per heavy atom. The van der Waals surface area contributed by atoms with Crippen LogP contribution < -0.4 is 11.5 Å². The van der Waals surface area contributed by atoms with Crippen LogP contribution in [0.3, 0.4) is 0 Å². The number of hydrogen-bond donors (Lipinski definition) is 2. The molecule has 0 aliphatic heterocycles. The molecule has 4 N–H and O–H groups in total. The topological polar surface area (TPSA) is 104 Å². The number of nitrogens with zero attached hydrogens (tertiary/aromatic N) is 4. The summed E-state index contributed by atoms with van der Waals surface area (Å²) in [6.07, 6.45) is 1.95. The van der Waals surface area contributed by atoms with Gasteiger partial charge in [-0.2, -0.15) is 4.98 Å². The van der Waals surface area contributed by atoms with Gasteiger partial charge in [0.1, 0.15) is 10.8 Å². The highest BCUT2D eigenvalue weighted by Crippen LogP contribution is 2.32. The van der Waals surface area contributed by atoms with Gasteiger partial charge < -0.3 is 11.5 Å². The van der Waals surface area contributed by atoms with Crippen molar-refractivity contribution >= 4 is 46.6 Å². The molecule has 0 amide bonds. The van der Waals surface area contributed by atoms with Crippen LogP contribution in [0.15, 0.2) is 19.8 Å². The molecule has 0 fully saturated rings. The van der Waals surface area contributed by atoms with E-state index in [-0.39, 0.29) is 5.95 Å². The van der Waals surface area contributed by atoms with Gasteiger partial charge >= 0.3 is 0 Å². The summed E-state index contributed by atoms with van der Waals surface area (Å²) in [6.45, 7) is 0. The van der Waals surface area contributed by atoms with Crippen LogP contribution in [-0.4, -0.2) is 26.4 Å². The smallest absolute Gasteiger partial charge is 0.223 e. The molecule has 0 spiro atoms. The van der Waals surface area contributed by atoms with Gasteiger partial charge in [0.05, 0.1) is 0 Å². The Morgan fingerprint density at radius 1 is 1.19 bits per heavy atom. The van der Waals surface area contributed by atoms with Crippen LogP contribution in [0.2, 0.25) is 0 Å². The first kappa shape index (κ1) is 11.4. The molecule has 0 aromatic carbocycles. The van der Waals surface area contributed by atoms with E-state index in [4.69, 9.17) is 11.5 Å². The second-order valence-electron chi connectivity index (χ2n) is 2.63. The minimum Gasteiger partial charge on any atom is -0.383 e. The van der Waals surface area contributed by atoms with Crippen LogP contribution in [0.5, 0.6) is 0 Å². The van der Waals surface area contributed by atoms with E-state index < -0.39 is 0 Å². The molecule has 0 saturated heterocycles. The molecule has 0 atom stereocenters. The van der Waals surface area contributed by atoms with Gasteiger partial charge in [0.15, 0.2) is 8.68 Å². The fraction of sp³-hybridized carbons (Fsp3) is 0.143. The lowest BCUT2D eigenvalue weighted by Crippen LogP contribution is -1.99. The molecule has 16 heavy (non-hydrogen) atoms. The third-order valence-electron chi connectivity index (χ3n) is 1.49. The summed E-state index contributed by atoms with van der Waals surface area (Å²) >= 11 is 4.43.